The van der Waals surface area contributed by atoms with Crippen LogP contribution in [-0.4, -0.2) is 41.1 Å². The topological polar surface area (TPSA) is 67.5 Å². The van der Waals surface area contributed by atoms with Gasteiger partial charge in [-0.15, -0.1) is 0 Å². The Hall–Kier alpha value is -2.86. The van der Waals surface area contributed by atoms with E-state index < -0.39 is 5.76 Å². The molecule has 29 heavy (non-hydrogen) atoms. The van der Waals surface area contributed by atoms with Crippen LogP contribution in [0.15, 0.2) is 63.8 Å². The van der Waals surface area contributed by atoms with Gasteiger partial charge in [0, 0.05) is 12.6 Å². The fourth-order valence-corrected chi connectivity index (χ4v) is 4.11. The van der Waals surface area contributed by atoms with Gasteiger partial charge in [-0.05, 0) is 56.5 Å². The minimum Gasteiger partial charge on any atom is -0.408 e. The number of carbonyl (C=O) groups excluding carboxylic acids is 1. The fraction of sp³-hybridized carbons (Fsp3) is 0.391. The first-order valence-corrected chi connectivity index (χ1v) is 10.3. The van der Waals surface area contributed by atoms with Crippen LogP contribution >= 0.6 is 0 Å². The third-order valence-corrected chi connectivity index (χ3v) is 5.53. The predicted molar refractivity (Wildman–Crippen MR) is 113 cm³/mol. The largest absolute Gasteiger partial charge is 0.420 e. The Labute approximate surface area is 170 Å². The average Bonchev–Trinajstić information content (AvgIpc) is 3.04. The molecule has 0 saturated carbocycles. The van der Waals surface area contributed by atoms with E-state index in [-0.39, 0.29) is 18.5 Å². The standard InChI is InChI=1S/C23H27N3O3/c27-22(17-26-20-12-4-5-13-21(20)29-23(26)28)24-19-11-7-15-25(16-19)14-6-10-18-8-2-1-3-9-18/h1-5,8-9,12-13,19H,6-7,10-11,14-17H2,(H,24,27)/t19-/m1/s1. The molecule has 2 heterocycles. The molecule has 0 unspecified atom stereocenters. The first-order valence-electron chi connectivity index (χ1n) is 10.3. The zero-order valence-electron chi connectivity index (χ0n) is 16.5. The second-order valence-electron chi connectivity index (χ2n) is 7.72. The molecule has 0 spiro atoms. The number of hydrogen-bond acceptors (Lipinski definition) is 4. The number of carbonyl (C=O) groups is 1. The zero-order valence-corrected chi connectivity index (χ0v) is 16.5. The van der Waals surface area contributed by atoms with Gasteiger partial charge >= 0.3 is 5.76 Å². The number of aryl methyl sites for hydroxylation is 1. The highest BCUT2D eigenvalue weighted by Crippen LogP contribution is 2.13. The first kappa shape index (κ1) is 19.5. The van der Waals surface area contributed by atoms with Crippen molar-refractivity contribution >= 4 is 17.0 Å². The van der Waals surface area contributed by atoms with Gasteiger partial charge in [-0.2, -0.15) is 0 Å². The van der Waals surface area contributed by atoms with Crippen LogP contribution in [0.25, 0.3) is 11.1 Å². The number of hydrogen-bond donors (Lipinski definition) is 1. The summed E-state index contributed by atoms with van der Waals surface area (Å²) in [4.78, 5) is 27.0. The molecule has 6 nitrogen and oxygen atoms in total. The molecule has 1 atom stereocenters. The maximum atomic E-state index is 12.5. The van der Waals surface area contributed by atoms with E-state index in [2.05, 4.69) is 34.5 Å². The number of nitrogens with one attached hydrogen (secondary N) is 1. The summed E-state index contributed by atoms with van der Waals surface area (Å²) in [5, 5.41) is 3.11. The highest BCUT2D eigenvalue weighted by molar-refractivity contribution is 5.79. The lowest BCUT2D eigenvalue weighted by molar-refractivity contribution is -0.122. The molecular weight excluding hydrogens is 366 g/mol. The molecule has 152 valence electrons. The Morgan fingerprint density at radius 2 is 1.90 bits per heavy atom. The summed E-state index contributed by atoms with van der Waals surface area (Å²) < 4.78 is 6.60. The van der Waals surface area contributed by atoms with Crippen molar-refractivity contribution < 1.29 is 9.21 Å². The number of piperidine rings is 1. The highest BCUT2D eigenvalue weighted by Gasteiger charge is 2.22. The van der Waals surface area contributed by atoms with Crippen molar-refractivity contribution in [2.45, 2.75) is 38.3 Å². The van der Waals surface area contributed by atoms with Crippen LogP contribution in [0.5, 0.6) is 0 Å². The van der Waals surface area contributed by atoms with Gasteiger partial charge in [0.2, 0.25) is 5.91 Å². The Morgan fingerprint density at radius 3 is 2.76 bits per heavy atom. The molecule has 3 aromatic rings. The molecule has 1 aliphatic rings. The van der Waals surface area contributed by atoms with E-state index in [1.54, 1.807) is 12.1 Å². The molecule has 2 aromatic carbocycles. The number of oxazole rings is 1. The first-order chi connectivity index (χ1) is 14.2. The van der Waals surface area contributed by atoms with Crippen molar-refractivity contribution in [1.29, 1.82) is 0 Å². The van der Waals surface area contributed by atoms with Crippen molar-refractivity contribution in [3.8, 4) is 0 Å². The molecule has 1 aromatic heterocycles. The van der Waals surface area contributed by atoms with E-state index in [1.165, 1.54) is 10.1 Å². The van der Waals surface area contributed by atoms with Crippen molar-refractivity contribution in [2.24, 2.45) is 0 Å². The second kappa shape index (κ2) is 9.09. The van der Waals surface area contributed by atoms with E-state index in [0.717, 1.165) is 45.3 Å². The molecule has 0 bridgehead atoms. The van der Waals surface area contributed by atoms with Gasteiger partial charge < -0.3 is 14.6 Å². The van der Waals surface area contributed by atoms with Gasteiger partial charge in [0.15, 0.2) is 5.58 Å². The number of amides is 1. The van der Waals surface area contributed by atoms with Crippen molar-refractivity contribution in [2.75, 3.05) is 19.6 Å². The number of aromatic nitrogens is 1. The van der Waals surface area contributed by atoms with Gasteiger partial charge in [-0.1, -0.05) is 42.5 Å². The summed E-state index contributed by atoms with van der Waals surface area (Å²) in [6.45, 7) is 2.96. The van der Waals surface area contributed by atoms with E-state index in [4.69, 9.17) is 4.42 Å². The van der Waals surface area contributed by atoms with E-state index in [1.807, 2.05) is 18.2 Å². The van der Waals surface area contributed by atoms with Gasteiger partial charge in [0.05, 0.1) is 5.52 Å². The average molecular weight is 393 g/mol. The van der Waals surface area contributed by atoms with Crippen LogP contribution in [0.2, 0.25) is 0 Å². The van der Waals surface area contributed by atoms with Gasteiger partial charge in [-0.25, -0.2) is 4.79 Å². The van der Waals surface area contributed by atoms with Gasteiger partial charge in [0.1, 0.15) is 6.54 Å². The number of para-hydroxylation sites is 2. The minimum absolute atomic E-state index is 0.0135. The monoisotopic (exact) mass is 393 g/mol. The van der Waals surface area contributed by atoms with Crippen LogP contribution in [-0.2, 0) is 17.8 Å². The normalized spacial score (nSPS) is 17.4. The maximum absolute atomic E-state index is 12.5. The number of rotatable bonds is 7. The summed E-state index contributed by atoms with van der Waals surface area (Å²) >= 11 is 0. The lowest BCUT2D eigenvalue weighted by atomic mass is 10.0. The Bertz CT molecular complexity index is 1010. The van der Waals surface area contributed by atoms with E-state index >= 15 is 0 Å². The summed E-state index contributed by atoms with van der Waals surface area (Å²) in [6.07, 6.45) is 4.23. The minimum atomic E-state index is -0.493. The van der Waals surface area contributed by atoms with Crippen molar-refractivity contribution in [3.05, 3.63) is 70.7 Å². The van der Waals surface area contributed by atoms with Gasteiger partial charge in [-0.3, -0.25) is 9.36 Å². The Kier molecular flexibility index (Phi) is 6.10. The van der Waals surface area contributed by atoms with Crippen LogP contribution in [0.4, 0.5) is 0 Å². The SMILES string of the molecule is O=C(Cn1c(=O)oc2ccccc21)N[C@@H]1CCCN(CCCc2ccccc2)C1. The van der Waals surface area contributed by atoms with Crippen LogP contribution < -0.4 is 11.1 Å². The number of likely N-dealkylation sites (tertiary alicyclic amines) is 1. The highest BCUT2D eigenvalue weighted by atomic mass is 16.4. The predicted octanol–water partition coefficient (Wildman–Crippen LogP) is 2.81. The Balaban J connectivity index is 1.28. The summed E-state index contributed by atoms with van der Waals surface area (Å²) in [7, 11) is 0. The van der Waals surface area contributed by atoms with Crippen LogP contribution in [0.3, 0.4) is 0 Å². The van der Waals surface area contributed by atoms with Gasteiger partial charge in [0.25, 0.3) is 0 Å². The van der Waals surface area contributed by atoms with Crippen molar-refractivity contribution in [1.82, 2.24) is 14.8 Å². The zero-order chi connectivity index (χ0) is 20.1. The van der Waals surface area contributed by atoms with Crippen molar-refractivity contribution in [3.63, 3.8) is 0 Å². The molecule has 1 aliphatic heterocycles. The maximum Gasteiger partial charge on any atom is 0.420 e. The lowest BCUT2D eigenvalue weighted by Crippen LogP contribution is -2.49. The lowest BCUT2D eigenvalue weighted by Gasteiger charge is -2.33. The second-order valence-corrected chi connectivity index (χ2v) is 7.72. The fourth-order valence-electron chi connectivity index (χ4n) is 4.11. The molecule has 1 N–H and O–H groups in total. The summed E-state index contributed by atoms with van der Waals surface area (Å²) in [5.41, 5.74) is 2.53. The van der Waals surface area contributed by atoms with Crippen LogP contribution in [0.1, 0.15) is 24.8 Å². The van der Waals surface area contributed by atoms with Crippen LogP contribution in [0, 0.1) is 0 Å². The molecule has 0 aliphatic carbocycles. The third kappa shape index (κ3) is 4.95. The molecule has 4 rings (SSSR count). The number of benzene rings is 2. The summed E-state index contributed by atoms with van der Waals surface area (Å²) in [6, 6.07) is 17.8. The summed E-state index contributed by atoms with van der Waals surface area (Å²) in [5.74, 6) is -0.637. The van der Waals surface area contributed by atoms with E-state index in [9.17, 15) is 9.59 Å². The number of fused-ring (bicyclic) bond motifs is 1. The molecular formula is C23H27N3O3. The quantitative estimate of drug-likeness (QED) is 0.670. The number of nitrogens with zero attached hydrogens (tertiary/aromatic N) is 2. The van der Waals surface area contributed by atoms with E-state index in [0.29, 0.717) is 11.1 Å². The molecule has 6 heteroatoms. The molecule has 1 fully saturated rings. The molecule has 1 amide bonds. The smallest absolute Gasteiger partial charge is 0.408 e. The molecule has 0 radical (unpaired) electrons. The molecule has 1 saturated heterocycles. The third-order valence-electron chi connectivity index (χ3n) is 5.53. The Morgan fingerprint density at radius 1 is 1.10 bits per heavy atom.